The Hall–Kier alpha value is -1.60. The highest BCUT2D eigenvalue weighted by molar-refractivity contribution is 5.74. The SMILES string of the molecule is CCCNC(=O)NC1CCCN(Cc2nn(CC)c3c2COCC3)C1. The molecule has 140 valence electrons. The van der Waals surface area contributed by atoms with Crippen LogP contribution in [-0.4, -0.2) is 53.0 Å². The first-order chi connectivity index (χ1) is 12.2. The Kier molecular flexibility index (Phi) is 6.31. The molecule has 3 heterocycles. The third-order valence-corrected chi connectivity index (χ3v) is 5.03. The van der Waals surface area contributed by atoms with Crippen molar-refractivity contribution in [2.24, 2.45) is 0 Å². The fraction of sp³-hybridized carbons (Fsp3) is 0.778. The van der Waals surface area contributed by atoms with E-state index in [2.05, 4.69) is 34.1 Å². The maximum atomic E-state index is 11.9. The second-order valence-corrected chi connectivity index (χ2v) is 6.96. The number of likely N-dealkylation sites (tertiary alicyclic amines) is 1. The number of aromatic nitrogens is 2. The van der Waals surface area contributed by atoms with Gasteiger partial charge in [-0.1, -0.05) is 6.92 Å². The maximum absolute atomic E-state index is 11.9. The van der Waals surface area contributed by atoms with Gasteiger partial charge in [0.2, 0.25) is 0 Å². The van der Waals surface area contributed by atoms with Gasteiger partial charge in [0.15, 0.2) is 0 Å². The first-order valence-electron chi connectivity index (χ1n) is 9.63. The molecule has 0 aromatic carbocycles. The van der Waals surface area contributed by atoms with Crippen molar-refractivity contribution in [1.29, 1.82) is 0 Å². The van der Waals surface area contributed by atoms with E-state index in [4.69, 9.17) is 9.84 Å². The number of nitrogens with zero attached hydrogens (tertiary/aromatic N) is 3. The molecular formula is C18H31N5O2. The van der Waals surface area contributed by atoms with Crippen molar-refractivity contribution in [2.75, 3.05) is 26.2 Å². The molecular weight excluding hydrogens is 318 g/mol. The Bertz CT molecular complexity index is 586. The van der Waals surface area contributed by atoms with E-state index in [-0.39, 0.29) is 12.1 Å². The molecule has 7 nitrogen and oxygen atoms in total. The molecule has 1 aromatic rings. The maximum Gasteiger partial charge on any atom is 0.315 e. The quantitative estimate of drug-likeness (QED) is 0.819. The van der Waals surface area contributed by atoms with Crippen molar-refractivity contribution in [3.8, 4) is 0 Å². The number of rotatable bonds is 6. The van der Waals surface area contributed by atoms with E-state index in [0.717, 1.165) is 70.7 Å². The van der Waals surface area contributed by atoms with Gasteiger partial charge in [0.1, 0.15) is 0 Å². The van der Waals surface area contributed by atoms with E-state index in [1.807, 2.05) is 0 Å². The second kappa shape index (κ2) is 8.67. The van der Waals surface area contributed by atoms with Gasteiger partial charge in [-0.3, -0.25) is 9.58 Å². The highest BCUT2D eigenvalue weighted by Crippen LogP contribution is 2.23. The van der Waals surface area contributed by atoms with E-state index >= 15 is 0 Å². The minimum atomic E-state index is -0.0465. The minimum Gasteiger partial charge on any atom is -0.376 e. The number of hydrogen-bond donors (Lipinski definition) is 2. The Labute approximate surface area is 150 Å². The molecule has 2 amide bonds. The molecule has 7 heteroatoms. The van der Waals surface area contributed by atoms with Crippen LogP contribution in [-0.2, 0) is 30.9 Å². The Morgan fingerprint density at radius 2 is 2.28 bits per heavy atom. The Balaban J connectivity index is 1.59. The van der Waals surface area contributed by atoms with Crippen LogP contribution >= 0.6 is 0 Å². The molecule has 25 heavy (non-hydrogen) atoms. The predicted molar refractivity (Wildman–Crippen MR) is 96.4 cm³/mol. The zero-order valence-corrected chi connectivity index (χ0v) is 15.5. The summed E-state index contributed by atoms with van der Waals surface area (Å²) in [5, 5.41) is 10.8. The van der Waals surface area contributed by atoms with Crippen molar-refractivity contribution in [1.82, 2.24) is 25.3 Å². The number of ether oxygens (including phenoxy) is 1. The van der Waals surface area contributed by atoms with Crippen molar-refractivity contribution in [3.63, 3.8) is 0 Å². The number of hydrogen-bond acceptors (Lipinski definition) is 4. The molecule has 1 unspecified atom stereocenters. The number of nitrogens with one attached hydrogen (secondary N) is 2. The lowest BCUT2D eigenvalue weighted by Gasteiger charge is -2.33. The fourth-order valence-electron chi connectivity index (χ4n) is 3.77. The molecule has 0 bridgehead atoms. The lowest BCUT2D eigenvalue weighted by atomic mass is 10.0. The second-order valence-electron chi connectivity index (χ2n) is 6.96. The van der Waals surface area contributed by atoms with Crippen molar-refractivity contribution >= 4 is 6.03 Å². The predicted octanol–water partition coefficient (Wildman–Crippen LogP) is 1.65. The molecule has 1 atom stereocenters. The number of piperidine rings is 1. The minimum absolute atomic E-state index is 0.0465. The standard InChI is InChI=1S/C18H31N5O2/c1-3-8-19-18(24)20-14-6-5-9-22(11-14)12-16-15-13-25-10-7-17(15)23(4-2)21-16/h14H,3-13H2,1-2H3,(H2,19,20,24). The van der Waals surface area contributed by atoms with E-state index in [0.29, 0.717) is 6.61 Å². The molecule has 1 saturated heterocycles. The summed E-state index contributed by atoms with van der Waals surface area (Å²) >= 11 is 0. The van der Waals surface area contributed by atoms with Crippen molar-refractivity contribution in [3.05, 3.63) is 17.0 Å². The van der Waals surface area contributed by atoms with Crippen LogP contribution in [0.2, 0.25) is 0 Å². The summed E-state index contributed by atoms with van der Waals surface area (Å²) in [6.07, 6.45) is 4.06. The highest BCUT2D eigenvalue weighted by Gasteiger charge is 2.25. The third-order valence-electron chi connectivity index (χ3n) is 5.03. The van der Waals surface area contributed by atoms with Crippen LogP contribution in [0.25, 0.3) is 0 Å². The summed E-state index contributed by atoms with van der Waals surface area (Å²) in [6.45, 7) is 10.1. The van der Waals surface area contributed by atoms with E-state index in [1.165, 1.54) is 11.3 Å². The van der Waals surface area contributed by atoms with Gasteiger partial charge in [0, 0.05) is 49.9 Å². The van der Waals surface area contributed by atoms with Gasteiger partial charge in [0.25, 0.3) is 0 Å². The smallest absolute Gasteiger partial charge is 0.315 e. The molecule has 0 saturated carbocycles. The average molecular weight is 349 g/mol. The normalized spacial score (nSPS) is 21.0. The fourth-order valence-corrected chi connectivity index (χ4v) is 3.77. The molecule has 2 N–H and O–H groups in total. The van der Waals surface area contributed by atoms with Crippen LogP contribution in [0.3, 0.4) is 0 Å². The summed E-state index contributed by atoms with van der Waals surface area (Å²) in [6, 6.07) is 0.167. The first-order valence-corrected chi connectivity index (χ1v) is 9.63. The summed E-state index contributed by atoms with van der Waals surface area (Å²) in [4.78, 5) is 14.3. The van der Waals surface area contributed by atoms with Crippen molar-refractivity contribution < 1.29 is 9.53 Å². The van der Waals surface area contributed by atoms with Crippen LogP contribution in [0.5, 0.6) is 0 Å². The largest absolute Gasteiger partial charge is 0.376 e. The van der Waals surface area contributed by atoms with Gasteiger partial charge in [0.05, 0.1) is 18.9 Å². The monoisotopic (exact) mass is 349 g/mol. The topological polar surface area (TPSA) is 71.4 Å². The van der Waals surface area contributed by atoms with E-state index in [9.17, 15) is 4.79 Å². The number of carbonyl (C=O) groups excluding carboxylic acids is 1. The van der Waals surface area contributed by atoms with Crippen LogP contribution in [0.15, 0.2) is 0 Å². The number of fused-ring (bicyclic) bond motifs is 1. The molecule has 2 aliphatic heterocycles. The lowest BCUT2D eigenvalue weighted by Crippen LogP contribution is -2.50. The molecule has 0 aliphatic carbocycles. The zero-order valence-electron chi connectivity index (χ0n) is 15.5. The summed E-state index contributed by atoms with van der Waals surface area (Å²) in [7, 11) is 0. The summed E-state index contributed by atoms with van der Waals surface area (Å²) < 4.78 is 7.79. The highest BCUT2D eigenvalue weighted by atomic mass is 16.5. The number of amides is 2. The average Bonchev–Trinajstić information content (AvgIpc) is 2.98. The van der Waals surface area contributed by atoms with Crippen molar-refractivity contribution in [2.45, 2.75) is 65.3 Å². The Morgan fingerprint density at radius 1 is 1.40 bits per heavy atom. The van der Waals surface area contributed by atoms with Gasteiger partial charge in [-0.2, -0.15) is 5.10 Å². The summed E-state index contributed by atoms with van der Waals surface area (Å²) in [5.74, 6) is 0. The van der Waals surface area contributed by atoms with Gasteiger partial charge >= 0.3 is 6.03 Å². The van der Waals surface area contributed by atoms with E-state index in [1.54, 1.807) is 0 Å². The first kappa shape index (κ1) is 18.2. The number of urea groups is 1. The van der Waals surface area contributed by atoms with Gasteiger partial charge in [-0.25, -0.2) is 4.79 Å². The molecule has 1 aromatic heterocycles. The number of carbonyl (C=O) groups is 1. The zero-order chi connectivity index (χ0) is 17.6. The van der Waals surface area contributed by atoms with Gasteiger partial charge in [-0.15, -0.1) is 0 Å². The van der Waals surface area contributed by atoms with E-state index < -0.39 is 0 Å². The molecule has 0 radical (unpaired) electrons. The molecule has 1 fully saturated rings. The van der Waals surface area contributed by atoms with Crippen LogP contribution in [0, 0.1) is 0 Å². The Morgan fingerprint density at radius 3 is 3.08 bits per heavy atom. The molecule has 2 aliphatic rings. The third kappa shape index (κ3) is 4.52. The summed E-state index contributed by atoms with van der Waals surface area (Å²) in [5.41, 5.74) is 3.77. The van der Waals surface area contributed by atoms with Crippen LogP contribution in [0.4, 0.5) is 4.79 Å². The number of aryl methyl sites for hydroxylation is 1. The van der Waals surface area contributed by atoms with Gasteiger partial charge < -0.3 is 15.4 Å². The molecule has 3 rings (SSSR count). The van der Waals surface area contributed by atoms with Crippen LogP contribution < -0.4 is 10.6 Å². The van der Waals surface area contributed by atoms with Gasteiger partial charge in [-0.05, 0) is 32.7 Å². The van der Waals surface area contributed by atoms with Crippen LogP contribution in [0.1, 0.15) is 50.1 Å². The molecule has 0 spiro atoms. The lowest BCUT2D eigenvalue weighted by molar-refractivity contribution is 0.107.